The van der Waals surface area contributed by atoms with Gasteiger partial charge in [0.2, 0.25) is 0 Å². The molecule has 0 atom stereocenters. The van der Waals surface area contributed by atoms with Crippen LogP contribution in [-0.4, -0.2) is 17.3 Å². The smallest absolute Gasteiger partial charge is 0.148 e. The molecule has 1 aliphatic rings. The summed E-state index contributed by atoms with van der Waals surface area (Å²) in [5.74, 6) is 0.855. The summed E-state index contributed by atoms with van der Waals surface area (Å²) in [5, 5.41) is 0. The number of rotatable bonds is 8. The quantitative estimate of drug-likeness (QED) is 0.360. The van der Waals surface area contributed by atoms with Gasteiger partial charge in [0.25, 0.3) is 0 Å². The van der Waals surface area contributed by atoms with E-state index in [0.717, 1.165) is 37.0 Å². The van der Waals surface area contributed by atoms with Gasteiger partial charge >= 0.3 is 0 Å². The molecule has 2 nitrogen and oxygen atoms in total. The number of carbonyl (C=O) groups excluding carboxylic acids is 2. The third-order valence-electron chi connectivity index (χ3n) is 6.31. The lowest BCUT2D eigenvalue weighted by Gasteiger charge is -2.29. The molecule has 0 radical (unpaired) electrons. The van der Waals surface area contributed by atoms with Crippen LogP contribution in [0.15, 0.2) is 41.3 Å². The van der Waals surface area contributed by atoms with Gasteiger partial charge in [-0.3, -0.25) is 9.59 Å². The molecule has 3 heteroatoms. The van der Waals surface area contributed by atoms with E-state index >= 15 is 0 Å². The summed E-state index contributed by atoms with van der Waals surface area (Å²) in [6.45, 7) is 8.50. The SMILES string of the molecule is CCc1ccccc1SCCC1CC(=O)C(c2c(CC)cc(C)cc2CC)C(=O)C1. The Balaban J connectivity index is 1.69. The number of ketones is 2. The molecule has 0 heterocycles. The van der Waals surface area contributed by atoms with Crippen LogP contribution in [0.5, 0.6) is 0 Å². The summed E-state index contributed by atoms with van der Waals surface area (Å²) in [6, 6.07) is 12.8. The number of benzene rings is 2. The van der Waals surface area contributed by atoms with Gasteiger partial charge in [0.15, 0.2) is 0 Å². The molecule has 2 aromatic carbocycles. The first-order valence-corrected chi connectivity index (χ1v) is 12.3. The summed E-state index contributed by atoms with van der Waals surface area (Å²) in [5.41, 5.74) is 5.94. The molecule has 160 valence electrons. The maximum absolute atomic E-state index is 13.1. The molecule has 3 rings (SSSR count). The predicted octanol–water partition coefficient (Wildman–Crippen LogP) is 6.50. The van der Waals surface area contributed by atoms with Crippen LogP contribution in [0.25, 0.3) is 0 Å². The van der Waals surface area contributed by atoms with Gasteiger partial charge < -0.3 is 0 Å². The highest BCUT2D eigenvalue weighted by Crippen LogP contribution is 2.37. The lowest BCUT2D eigenvalue weighted by atomic mass is 9.73. The molecule has 0 amide bonds. The molecular formula is C27H34O2S. The van der Waals surface area contributed by atoms with Crippen molar-refractivity contribution in [2.75, 3.05) is 5.75 Å². The van der Waals surface area contributed by atoms with Crippen LogP contribution in [0.2, 0.25) is 0 Å². The number of Topliss-reactive ketones (excluding diaryl/α,β-unsaturated/α-hetero) is 2. The normalized spacial score (nSPS) is 19.3. The average molecular weight is 423 g/mol. The molecule has 0 spiro atoms. The fraction of sp³-hybridized carbons (Fsp3) is 0.481. The van der Waals surface area contributed by atoms with Crippen molar-refractivity contribution in [2.24, 2.45) is 5.92 Å². The minimum absolute atomic E-state index is 0.128. The average Bonchev–Trinajstić information content (AvgIpc) is 2.74. The van der Waals surface area contributed by atoms with Crippen LogP contribution in [0.1, 0.15) is 73.8 Å². The van der Waals surface area contributed by atoms with Crippen molar-refractivity contribution >= 4 is 23.3 Å². The van der Waals surface area contributed by atoms with Crippen LogP contribution in [-0.2, 0) is 28.9 Å². The van der Waals surface area contributed by atoms with E-state index in [1.54, 1.807) is 0 Å². The van der Waals surface area contributed by atoms with E-state index in [9.17, 15) is 9.59 Å². The van der Waals surface area contributed by atoms with Gasteiger partial charge in [0, 0.05) is 17.7 Å². The molecule has 0 aliphatic heterocycles. The molecular weight excluding hydrogens is 388 g/mol. The standard InChI is InChI=1S/C27H34O2S/c1-5-20-10-8-9-11-25(20)30-13-12-19-16-23(28)27(24(29)17-19)26-21(6-2)14-18(4)15-22(26)7-3/h8-11,14-15,19,27H,5-7,12-13,16-17H2,1-4H3. The Bertz CT molecular complexity index is 872. The summed E-state index contributed by atoms with van der Waals surface area (Å²) >= 11 is 1.86. The summed E-state index contributed by atoms with van der Waals surface area (Å²) in [4.78, 5) is 27.6. The zero-order valence-electron chi connectivity index (χ0n) is 18.8. The van der Waals surface area contributed by atoms with Crippen molar-refractivity contribution in [3.05, 3.63) is 64.2 Å². The van der Waals surface area contributed by atoms with E-state index in [4.69, 9.17) is 0 Å². The molecule has 1 fully saturated rings. The lowest BCUT2D eigenvalue weighted by Crippen LogP contribution is -2.33. The zero-order valence-corrected chi connectivity index (χ0v) is 19.6. The van der Waals surface area contributed by atoms with Crippen molar-refractivity contribution in [3.8, 4) is 0 Å². The van der Waals surface area contributed by atoms with E-state index in [1.165, 1.54) is 27.1 Å². The van der Waals surface area contributed by atoms with Crippen LogP contribution in [0.4, 0.5) is 0 Å². The highest BCUT2D eigenvalue weighted by molar-refractivity contribution is 7.99. The van der Waals surface area contributed by atoms with Crippen LogP contribution < -0.4 is 0 Å². The van der Waals surface area contributed by atoms with Crippen molar-refractivity contribution < 1.29 is 9.59 Å². The molecule has 0 unspecified atom stereocenters. The van der Waals surface area contributed by atoms with Crippen molar-refractivity contribution in [1.29, 1.82) is 0 Å². The Morgan fingerprint density at radius 3 is 2.00 bits per heavy atom. The fourth-order valence-electron chi connectivity index (χ4n) is 4.76. The summed E-state index contributed by atoms with van der Waals surface area (Å²) < 4.78 is 0. The van der Waals surface area contributed by atoms with Crippen LogP contribution in [0, 0.1) is 12.8 Å². The number of hydrogen-bond donors (Lipinski definition) is 0. The van der Waals surface area contributed by atoms with E-state index in [1.807, 2.05) is 11.8 Å². The Kier molecular flexibility index (Phi) is 7.93. The molecule has 0 bridgehead atoms. The van der Waals surface area contributed by atoms with Crippen molar-refractivity contribution in [2.45, 2.75) is 77.0 Å². The lowest BCUT2D eigenvalue weighted by molar-refractivity contribution is -0.133. The molecule has 0 saturated heterocycles. The predicted molar refractivity (Wildman–Crippen MR) is 127 cm³/mol. The third-order valence-corrected chi connectivity index (χ3v) is 7.46. The molecule has 0 aromatic heterocycles. The Morgan fingerprint density at radius 1 is 0.867 bits per heavy atom. The first kappa shape index (κ1) is 22.8. The first-order valence-electron chi connectivity index (χ1n) is 11.4. The number of thioether (sulfide) groups is 1. The Labute approximate surface area is 185 Å². The van der Waals surface area contributed by atoms with E-state index in [-0.39, 0.29) is 17.5 Å². The second kappa shape index (κ2) is 10.4. The molecule has 0 N–H and O–H groups in total. The van der Waals surface area contributed by atoms with Gasteiger partial charge in [0.1, 0.15) is 17.5 Å². The number of aryl methyl sites for hydroxylation is 4. The van der Waals surface area contributed by atoms with Gasteiger partial charge in [-0.15, -0.1) is 11.8 Å². The number of carbonyl (C=O) groups is 2. The summed E-state index contributed by atoms with van der Waals surface area (Å²) in [6.07, 6.45) is 4.73. The highest BCUT2D eigenvalue weighted by atomic mass is 32.2. The van der Waals surface area contributed by atoms with Crippen molar-refractivity contribution in [1.82, 2.24) is 0 Å². The van der Waals surface area contributed by atoms with Gasteiger partial charge in [-0.05, 0) is 72.6 Å². The van der Waals surface area contributed by atoms with Gasteiger partial charge in [-0.25, -0.2) is 0 Å². The minimum Gasteiger partial charge on any atom is -0.299 e. The number of hydrogen-bond acceptors (Lipinski definition) is 3. The minimum atomic E-state index is -0.541. The van der Waals surface area contributed by atoms with E-state index in [2.05, 4.69) is 64.1 Å². The Morgan fingerprint density at radius 2 is 1.43 bits per heavy atom. The van der Waals surface area contributed by atoms with Crippen molar-refractivity contribution in [3.63, 3.8) is 0 Å². The Hall–Kier alpha value is -1.87. The third kappa shape index (κ3) is 5.06. The van der Waals surface area contributed by atoms with Crippen LogP contribution in [0.3, 0.4) is 0 Å². The topological polar surface area (TPSA) is 34.1 Å². The van der Waals surface area contributed by atoms with E-state index < -0.39 is 5.92 Å². The fourth-order valence-corrected chi connectivity index (χ4v) is 6.01. The van der Waals surface area contributed by atoms with E-state index in [0.29, 0.717) is 12.8 Å². The zero-order chi connectivity index (χ0) is 21.7. The highest BCUT2D eigenvalue weighted by Gasteiger charge is 2.38. The molecule has 1 saturated carbocycles. The molecule has 30 heavy (non-hydrogen) atoms. The second-order valence-electron chi connectivity index (χ2n) is 8.44. The van der Waals surface area contributed by atoms with Gasteiger partial charge in [-0.1, -0.05) is 56.7 Å². The molecule has 2 aromatic rings. The monoisotopic (exact) mass is 422 g/mol. The maximum Gasteiger partial charge on any atom is 0.148 e. The van der Waals surface area contributed by atoms with Gasteiger partial charge in [-0.2, -0.15) is 0 Å². The van der Waals surface area contributed by atoms with Gasteiger partial charge in [0.05, 0.1) is 0 Å². The molecule has 1 aliphatic carbocycles. The largest absolute Gasteiger partial charge is 0.299 e. The first-order chi connectivity index (χ1) is 14.5. The summed E-state index contributed by atoms with van der Waals surface area (Å²) in [7, 11) is 0. The maximum atomic E-state index is 13.1. The van der Waals surface area contributed by atoms with Crippen LogP contribution >= 0.6 is 11.8 Å². The second-order valence-corrected chi connectivity index (χ2v) is 9.58.